The Labute approximate surface area is 192 Å². The Balaban J connectivity index is 1.60. The number of hydrogen-bond donors (Lipinski definition) is 0. The summed E-state index contributed by atoms with van der Waals surface area (Å²) < 4.78 is 18.8. The second-order valence-electron chi connectivity index (χ2n) is 8.82. The average Bonchev–Trinajstić information content (AvgIpc) is 2.73. The summed E-state index contributed by atoms with van der Waals surface area (Å²) in [6.07, 6.45) is 5.17. The summed E-state index contributed by atoms with van der Waals surface area (Å²) >= 11 is 1.48. The van der Waals surface area contributed by atoms with E-state index in [0.717, 1.165) is 22.3 Å². The van der Waals surface area contributed by atoms with E-state index >= 15 is 0 Å². The van der Waals surface area contributed by atoms with Crippen molar-refractivity contribution in [1.29, 1.82) is 0 Å². The van der Waals surface area contributed by atoms with Crippen LogP contribution in [-0.4, -0.2) is 39.4 Å². The molecule has 4 rings (SSSR count). The number of amides is 1. The first-order chi connectivity index (χ1) is 15.2. The largest absolute Gasteiger partial charge is 0.444 e. The summed E-state index contributed by atoms with van der Waals surface area (Å²) in [6, 6.07) is 14.5. The Morgan fingerprint density at radius 3 is 2.09 bits per heavy atom. The zero-order valence-electron chi connectivity index (χ0n) is 18.6. The van der Waals surface area contributed by atoms with E-state index in [1.807, 2.05) is 39.2 Å². The number of aromatic nitrogens is 2. The molecule has 0 radical (unpaired) electrons. The Morgan fingerprint density at radius 2 is 1.56 bits per heavy atom. The van der Waals surface area contributed by atoms with Crippen molar-refractivity contribution >= 4 is 17.9 Å². The Kier molecular flexibility index (Phi) is 6.20. The maximum absolute atomic E-state index is 13.2. The number of thioether (sulfide) groups is 1. The Hall–Kier alpha value is -2.93. The summed E-state index contributed by atoms with van der Waals surface area (Å²) in [6.45, 7) is 6.14. The highest BCUT2D eigenvalue weighted by Crippen LogP contribution is 2.46. The van der Waals surface area contributed by atoms with Crippen molar-refractivity contribution < 1.29 is 13.9 Å². The maximum Gasteiger partial charge on any atom is 0.410 e. The smallest absolute Gasteiger partial charge is 0.410 e. The minimum Gasteiger partial charge on any atom is -0.444 e. The normalized spacial score (nSPS) is 18.2. The van der Waals surface area contributed by atoms with Crippen LogP contribution in [0.15, 0.2) is 66.1 Å². The fourth-order valence-corrected chi connectivity index (χ4v) is 4.18. The lowest BCUT2D eigenvalue weighted by Gasteiger charge is -2.48. The molecule has 0 spiro atoms. The third-order valence-electron chi connectivity index (χ3n) is 5.43. The van der Waals surface area contributed by atoms with Gasteiger partial charge >= 0.3 is 6.09 Å². The number of hydrogen-bond acceptors (Lipinski definition) is 5. The average molecular weight is 452 g/mol. The summed E-state index contributed by atoms with van der Waals surface area (Å²) in [5.41, 5.74) is 3.41. The minimum atomic E-state index is -0.567. The van der Waals surface area contributed by atoms with E-state index in [0.29, 0.717) is 11.7 Å². The lowest BCUT2D eigenvalue weighted by molar-refractivity contribution is -0.0148. The molecule has 1 fully saturated rings. The standard InChI is InChI=1S/C25H26FN3O2S/c1-25(2,3)31-24(30)29-15-21(22(29)19-13-27-23(32-4)28-14-19)18-7-5-16(6-8-18)17-9-11-20(26)12-10-17/h5-14,21-22H,15H2,1-4H3/t21-,22-/m1/s1. The van der Waals surface area contributed by atoms with Crippen LogP contribution < -0.4 is 0 Å². The fraction of sp³-hybridized carbons (Fsp3) is 0.320. The highest BCUT2D eigenvalue weighted by atomic mass is 32.2. The van der Waals surface area contributed by atoms with Gasteiger partial charge in [0.2, 0.25) is 0 Å². The van der Waals surface area contributed by atoms with Crippen LogP contribution in [0, 0.1) is 5.82 Å². The van der Waals surface area contributed by atoms with Gasteiger partial charge in [-0.1, -0.05) is 48.2 Å². The van der Waals surface area contributed by atoms with E-state index in [9.17, 15) is 9.18 Å². The summed E-state index contributed by atoms with van der Waals surface area (Å²) in [5, 5.41) is 0.692. The van der Waals surface area contributed by atoms with Crippen molar-refractivity contribution in [3.05, 3.63) is 77.9 Å². The van der Waals surface area contributed by atoms with Gasteiger partial charge in [0.05, 0.1) is 6.04 Å². The first-order valence-corrected chi connectivity index (χ1v) is 11.7. The van der Waals surface area contributed by atoms with Crippen LogP contribution in [-0.2, 0) is 4.74 Å². The highest BCUT2D eigenvalue weighted by molar-refractivity contribution is 7.98. The lowest BCUT2D eigenvalue weighted by Crippen LogP contribution is -2.52. The number of nitrogens with zero attached hydrogens (tertiary/aromatic N) is 3. The van der Waals surface area contributed by atoms with Gasteiger partial charge in [0, 0.05) is 30.4 Å². The minimum absolute atomic E-state index is 0.105. The van der Waals surface area contributed by atoms with Gasteiger partial charge in [0.1, 0.15) is 11.4 Å². The molecule has 1 aromatic heterocycles. The van der Waals surface area contributed by atoms with Crippen LogP contribution in [0.2, 0.25) is 0 Å². The number of rotatable bonds is 4. The quantitative estimate of drug-likeness (QED) is 0.355. The molecule has 7 heteroatoms. The predicted molar refractivity (Wildman–Crippen MR) is 124 cm³/mol. The Bertz CT molecular complexity index is 1080. The predicted octanol–water partition coefficient (Wildman–Crippen LogP) is 6.08. The van der Waals surface area contributed by atoms with Crippen molar-refractivity contribution in [3.8, 4) is 11.1 Å². The van der Waals surface area contributed by atoms with Gasteiger partial charge in [-0.25, -0.2) is 19.2 Å². The molecular weight excluding hydrogens is 425 g/mol. The molecule has 1 saturated heterocycles. The molecule has 0 N–H and O–H groups in total. The molecule has 1 aliphatic heterocycles. The first kappa shape index (κ1) is 22.3. The third-order valence-corrected chi connectivity index (χ3v) is 6.00. The SMILES string of the molecule is CSc1ncc([C@@H]2[C@@H](c3ccc(-c4ccc(F)cc4)cc3)CN2C(=O)OC(C)(C)C)cn1. The molecule has 1 amide bonds. The van der Waals surface area contributed by atoms with Crippen LogP contribution in [0.5, 0.6) is 0 Å². The van der Waals surface area contributed by atoms with E-state index in [-0.39, 0.29) is 23.9 Å². The van der Waals surface area contributed by atoms with E-state index in [1.165, 1.54) is 23.9 Å². The summed E-state index contributed by atoms with van der Waals surface area (Å²) in [5.74, 6) is -0.145. The van der Waals surface area contributed by atoms with Crippen LogP contribution in [0.1, 0.15) is 43.9 Å². The van der Waals surface area contributed by atoms with Crippen LogP contribution in [0.25, 0.3) is 11.1 Å². The first-order valence-electron chi connectivity index (χ1n) is 10.5. The molecule has 2 aromatic carbocycles. The number of likely N-dealkylation sites (tertiary alicyclic amines) is 1. The van der Waals surface area contributed by atoms with Crippen molar-refractivity contribution in [1.82, 2.24) is 14.9 Å². The monoisotopic (exact) mass is 451 g/mol. The molecule has 1 aliphatic rings. The van der Waals surface area contributed by atoms with Gasteiger partial charge < -0.3 is 4.74 Å². The van der Waals surface area contributed by atoms with Crippen molar-refractivity contribution in [2.45, 2.75) is 43.5 Å². The number of benzene rings is 2. The van der Waals surface area contributed by atoms with Crippen LogP contribution >= 0.6 is 11.8 Å². The molecule has 0 unspecified atom stereocenters. The number of carbonyl (C=O) groups is 1. The van der Waals surface area contributed by atoms with Crippen molar-refractivity contribution in [3.63, 3.8) is 0 Å². The molecule has 3 aromatic rings. The zero-order valence-corrected chi connectivity index (χ0v) is 19.4. The van der Waals surface area contributed by atoms with Gasteiger partial charge in [0.15, 0.2) is 5.16 Å². The van der Waals surface area contributed by atoms with Gasteiger partial charge in [-0.3, -0.25) is 4.90 Å². The molecule has 0 bridgehead atoms. The molecular formula is C25H26FN3O2S. The van der Waals surface area contributed by atoms with E-state index in [2.05, 4.69) is 22.1 Å². The molecule has 32 heavy (non-hydrogen) atoms. The second-order valence-corrected chi connectivity index (χ2v) is 9.59. The maximum atomic E-state index is 13.2. The van der Waals surface area contributed by atoms with Gasteiger partial charge in [-0.15, -0.1) is 0 Å². The molecule has 0 aliphatic carbocycles. The Morgan fingerprint density at radius 1 is 1.00 bits per heavy atom. The lowest BCUT2D eigenvalue weighted by atomic mass is 9.79. The number of halogens is 1. The highest BCUT2D eigenvalue weighted by Gasteiger charge is 2.45. The molecule has 0 saturated carbocycles. The third kappa shape index (κ3) is 4.78. The molecule has 166 valence electrons. The molecule has 5 nitrogen and oxygen atoms in total. The molecule has 2 heterocycles. The number of carbonyl (C=O) groups excluding carboxylic acids is 1. The zero-order chi connectivity index (χ0) is 22.9. The topological polar surface area (TPSA) is 55.3 Å². The number of ether oxygens (including phenoxy) is 1. The van der Waals surface area contributed by atoms with E-state index in [4.69, 9.17) is 4.74 Å². The van der Waals surface area contributed by atoms with Gasteiger partial charge in [-0.05, 0) is 55.9 Å². The van der Waals surface area contributed by atoms with Crippen molar-refractivity contribution in [2.24, 2.45) is 0 Å². The van der Waals surface area contributed by atoms with Gasteiger partial charge in [-0.2, -0.15) is 0 Å². The van der Waals surface area contributed by atoms with Crippen LogP contribution in [0.4, 0.5) is 9.18 Å². The molecule has 2 atom stereocenters. The van der Waals surface area contributed by atoms with E-state index < -0.39 is 5.60 Å². The van der Waals surface area contributed by atoms with Crippen LogP contribution in [0.3, 0.4) is 0 Å². The summed E-state index contributed by atoms with van der Waals surface area (Å²) in [4.78, 5) is 23.4. The van der Waals surface area contributed by atoms with E-state index in [1.54, 1.807) is 29.4 Å². The fourth-order valence-electron chi connectivity index (χ4n) is 3.86. The summed E-state index contributed by atoms with van der Waals surface area (Å²) in [7, 11) is 0. The van der Waals surface area contributed by atoms with Crippen molar-refractivity contribution in [2.75, 3.05) is 12.8 Å². The second kappa shape index (κ2) is 8.90. The van der Waals surface area contributed by atoms with Gasteiger partial charge in [0.25, 0.3) is 0 Å².